The molecule has 110 valence electrons. The van der Waals surface area contributed by atoms with E-state index < -0.39 is 6.03 Å². The number of aliphatic hydroxyl groups excluding tert-OH is 1. The van der Waals surface area contributed by atoms with Gasteiger partial charge in [-0.25, -0.2) is 4.79 Å². The number of carbonyl (C=O) groups excluding carboxylic acids is 2. The number of carbonyl (C=O) groups is 2. The summed E-state index contributed by atoms with van der Waals surface area (Å²) in [5.74, 6) is -0.357. The first-order valence-corrected chi connectivity index (χ1v) is 6.49. The summed E-state index contributed by atoms with van der Waals surface area (Å²) in [5.41, 5.74) is 0. The molecule has 0 saturated carbocycles. The number of rotatable bonds is 4. The smallest absolute Gasteiger partial charge is 0.321 e. The predicted molar refractivity (Wildman–Crippen MR) is 69.7 cm³/mol. The second kappa shape index (κ2) is 7.42. The van der Waals surface area contributed by atoms with Crippen LogP contribution < -0.4 is 10.6 Å². The van der Waals surface area contributed by atoms with Gasteiger partial charge in [0.25, 0.3) is 0 Å². The average molecular weight is 273 g/mol. The van der Waals surface area contributed by atoms with Crippen molar-refractivity contribution in [2.45, 2.75) is 39.0 Å². The third-order valence-electron chi connectivity index (χ3n) is 2.65. The number of morpholine rings is 1. The topological polar surface area (TPSA) is 90.9 Å². The molecular weight excluding hydrogens is 250 g/mol. The summed E-state index contributed by atoms with van der Waals surface area (Å²) in [6.07, 6.45) is -0.316. The van der Waals surface area contributed by atoms with Gasteiger partial charge < -0.3 is 15.2 Å². The summed E-state index contributed by atoms with van der Waals surface area (Å²) in [4.78, 5) is 24.9. The number of aliphatic hydroxyl groups is 1. The van der Waals surface area contributed by atoms with E-state index in [1.807, 2.05) is 25.7 Å². The molecule has 0 spiro atoms. The molecule has 1 saturated heterocycles. The monoisotopic (exact) mass is 273 g/mol. The van der Waals surface area contributed by atoms with Gasteiger partial charge in [0.15, 0.2) is 0 Å². The molecule has 1 heterocycles. The molecule has 3 N–H and O–H groups in total. The van der Waals surface area contributed by atoms with Crippen LogP contribution in [0.3, 0.4) is 0 Å². The summed E-state index contributed by atoms with van der Waals surface area (Å²) in [5, 5.41) is 13.9. The summed E-state index contributed by atoms with van der Waals surface area (Å²) in [7, 11) is 0. The van der Waals surface area contributed by atoms with E-state index in [1.165, 1.54) is 0 Å². The molecule has 0 aromatic carbocycles. The van der Waals surface area contributed by atoms with Gasteiger partial charge >= 0.3 is 6.03 Å². The van der Waals surface area contributed by atoms with Crippen LogP contribution >= 0.6 is 0 Å². The van der Waals surface area contributed by atoms with Crippen molar-refractivity contribution in [2.24, 2.45) is 0 Å². The maximum atomic E-state index is 11.7. The zero-order valence-electron chi connectivity index (χ0n) is 11.7. The minimum atomic E-state index is -0.486. The number of nitrogens with zero attached hydrogens (tertiary/aromatic N) is 1. The number of nitrogens with one attached hydrogen (secondary N) is 2. The molecule has 3 amide bonds. The van der Waals surface area contributed by atoms with E-state index in [9.17, 15) is 9.59 Å². The molecule has 1 rings (SSSR count). The fourth-order valence-corrected chi connectivity index (χ4v) is 2.04. The van der Waals surface area contributed by atoms with Crippen molar-refractivity contribution >= 4 is 11.9 Å². The van der Waals surface area contributed by atoms with Crippen LogP contribution in [0, 0.1) is 0 Å². The highest BCUT2D eigenvalue weighted by atomic mass is 16.5. The lowest BCUT2D eigenvalue weighted by atomic mass is 10.2. The third-order valence-corrected chi connectivity index (χ3v) is 2.65. The van der Waals surface area contributed by atoms with Gasteiger partial charge in [-0.2, -0.15) is 0 Å². The molecule has 2 atom stereocenters. The first kappa shape index (κ1) is 15.9. The van der Waals surface area contributed by atoms with Crippen LogP contribution in [0.5, 0.6) is 0 Å². The summed E-state index contributed by atoms with van der Waals surface area (Å²) >= 11 is 0. The highest BCUT2D eigenvalue weighted by Crippen LogP contribution is 2.10. The maximum Gasteiger partial charge on any atom is 0.321 e. The Labute approximate surface area is 113 Å². The molecule has 0 radical (unpaired) electrons. The molecule has 1 aliphatic rings. The van der Waals surface area contributed by atoms with E-state index in [1.54, 1.807) is 0 Å². The van der Waals surface area contributed by atoms with Crippen LogP contribution in [-0.2, 0) is 9.53 Å². The Bertz CT molecular complexity index is 322. The van der Waals surface area contributed by atoms with Crippen molar-refractivity contribution in [3.05, 3.63) is 0 Å². The van der Waals surface area contributed by atoms with Gasteiger partial charge in [-0.3, -0.25) is 15.0 Å². The first-order chi connectivity index (χ1) is 8.90. The Hall–Kier alpha value is -1.18. The van der Waals surface area contributed by atoms with Crippen LogP contribution in [0.1, 0.15) is 20.8 Å². The summed E-state index contributed by atoms with van der Waals surface area (Å²) in [6, 6.07) is -0.505. The first-order valence-electron chi connectivity index (χ1n) is 6.49. The van der Waals surface area contributed by atoms with E-state index in [-0.39, 0.29) is 37.3 Å². The molecule has 1 aliphatic heterocycles. The highest BCUT2D eigenvalue weighted by molar-refractivity contribution is 5.95. The second-order valence-corrected chi connectivity index (χ2v) is 5.12. The lowest BCUT2D eigenvalue weighted by Gasteiger charge is -2.35. The largest absolute Gasteiger partial charge is 0.394 e. The molecule has 0 aromatic heterocycles. The number of amides is 3. The Balaban J connectivity index is 2.37. The molecule has 19 heavy (non-hydrogen) atoms. The summed E-state index contributed by atoms with van der Waals surface area (Å²) < 4.78 is 5.48. The predicted octanol–water partition coefficient (Wildman–Crippen LogP) is -0.698. The van der Waals surface area contributed by atoms with Crippen molar-refractivity contribution in [2.75, 3.05) is 26.2 Å². The lowest BCUT2D eigenvalue weighted by Crippen LogP contribution is -2.52. The Morgan fingerprint density at radius 2 is 2.11 bits per heavy atom. The Morgan fingerprint density at radius 3 is 2.68 bits per heavy atom. The maximum absolute atomic E-state index is 11.7. The fourth-order valence-electron chi connectivity index (χ4n) is 2.04. The van der Waals surface area contributed by atoms with Crippen LogP contribution in [0.25, 0.3) is 0 Å². The SMILES string of the molecule is CC(C)NC(=O)NC(=O)CN1CC(C)OC(CO)C1. The zero-order valence-corrected chi connectivity index (χ0v) is 11.7. The van der Waals surface area contributed by atoms with Crippen molar-refractivity contribution in [3.8, 4) is 0 Å². The fraction of sp³-hybridized carbons (Fsp3) is 0.833. The van der Waals surface area contributed by atoms with Gasteiger partial charge in [0.2, 0.25) is 5.91 Å². The zero-order chi connectivity index (χ0) is 14.4. The average Bonchev–Trinajstić information content (AvgIpc) is 2.26. The van der Waals surface area contributed by atoms with Crippen molar-refractivity contribution in [1.29, 1.82) is 0 Å². The van der Waals surface area contributed by atoms with E-state index in [0.717, 1.165) is 0 Å². The van der Waals surface area contributed by atoms with Crippen LogP contribution in [0.2, 0.25) is 0 Å². The van der Waals surface area contributed by atoms with Gasteiger partial charge in [0.05, 0.1) is 25.4 Å². The van der Waals surface area contributed by atoms with Crippen LogP contribution in [0.4, 0.5) is 4.79 Å². The Kier molecular flexibility index (Phi) is 6.20. The lowest BCUT2D eigenvalue weighted by molar-refractivity contribution is -0.127. The Morgan fingerprint density at radius 1 is 1.42 bits per heavy atom. The molecule has 0 aliphatic carbocycles. The van der Waals surface area contributed by atoms with Crippen molar-refractivity contribution in [3.63, 3.8) is 0 Å². The van der Waals surface area contributed by atoms with Crippen molar-refractivity contribution < 1.29 is 19.4 Å². The minimum Gasteiger partial charge on any atom is -0.394 e. The molecule has 7 heteroatoms. The molecule has 7 nitrogen and oxygen atoms in total. The van der Waals surface area contributed by atoms with E-state index >= 15 is 0 Å². The standard InChI is InChI=1S/C12H23N3O4/c1-8(2)13-12(18)14-11(17)6-15-4-9(3)19-10(5-15)7-16/h8-10,16H,4-7H2,1-3H3,(H2,13,14,17,18). The van der Waals surface area contributed by atoms with Crippen molar-refractivity contribution in [1.82, 2.24) is 15.5 Å². The van der Waals surface area contributed by atoms with Gasteiger partial charge in [-0.1, -0.05) is 0 Å². The van der Waals surface area contributed by atoms with Gasteiger partial charge in [0, 0.05) is 19.1 Å². The summed E-state index contributed by atoms with van der Waals surface area (Å²) in [6.45, 7) is 6.67. The quantitative estimate of drug-likeness (QED) is 0.630. The number of imide groups is 1. The molecular formula is C12H23N3O4. The highest BCUT2D eigenvalue weighted by Gasteiger charge is 2.26. The van der Waals surface area contributed by atoms with E-state index in [4.69, 9.17) is 9.84 Å². The van der Waals surface area contributed by atoms with Gasteiger partial charge in [-0.15, -0.1) is 0 Å². The molecule has 1 fully saturated rings. The number of ether oxygens (including phenoxy) is 1. The number of urea groups is 1. The molecule has 0 bridgehead atoms. The van der Waals surface area contributed by atoms with Crippen LogP contribution in [0.15, 0.2) is 0 Å². The van der Waals surface area contributed by atoms with E-state index in [0.29, 0.717) is 13.1 Å². The molecule has 2 unspecified atom stereocenters. The molecule has 0 aromatic rings. The number of hydrogen-bond acceptors (Lipinski definition) is 5. The van der Waals surface area contributed by atoms with Gasteiger partial charge in [0.1, 0.15) is 0 Å². The normalized spacial score (nSPS) is 24.3. The second-order valence-electron chi connectivity index (χ2n) is 5.12. The third kappa shape index (κ3) is 6.00. The minimum absolute atomic E-state index is 0.0185. The van der Waals surface area contributed by atoms with Crippen LogP contribution in [-0.4, -0.2) is 66.4 Å². The van der Waals surface area contributed by atoms with Gasteiger partial charge in [-0.05, 0) is 20.8 Å². The van der Waals surface area contributed by atoms with E-state index in [2.05, 4.69) is 10.6 Å². The number of hydrogen-bond donors (Lipinski definition) is 3.